The summed E-state index contributed by atoms with van der Waals surface area (Å²) in [6.07, 6.45) is 0. The van der Waals surface area contributed by atoms with Crippen LogP contribution in [0.15, 0.2) is 24.3 Å². The van der Waals surface area contributed by atoms with E-state index in [0.717, 1.165) is 5.56 Å². The molecule has 0 fully saturated rings. The molecule has 2 aromatic rings. The molecule has 0 radical (unpaired) electrons. The van der Waals surface area contributed by atoms with Crippen molar-refractivity contribution < 1.29 is 19.4 Å². The number of benzene rings is 2. The summed E-state index contributed by atoms with van der Waals surface area (Å²) in [7, 11) is 0. The first kappa shape index (κ1) is 18.3. The third-order valence-corrected chi connectivity index (χ3v) is 5.15. The highest BCUT2D eigenvalue weighted by atomic mass is 16.7. The van der Waals surface area contributed by atoms with E-state index in [2.05, 4.69) is 33.8 Å². The van der Waals surface area contributed by atoms with Crippen LogP contribution >= 0.6 is 0 Å². The number of hydrogen-bond acceptors (Lipinski definition) is 4. The van der Waals surface area contributed by atoms with Crippen molar-refractivity contribution in [3.8, 4) is 11.5 Å². The first-order chi connectivity index (χ1) is 12.4. The molecular formula is C21H25NO4. The number of fused-ring (bicyclic) bond motifs is 1. The van der Waals surface area contributed by atoms with E-state index in [1.165, 1.54) is 22.3 Å². The molecule has 1 aliphatic heterocycles. The maximum absolute atomic E-state index is 13.0. The minimum absolute atomic E-state index is 0.0841. The Bertz CT molecular complexity index is 818. The van der Waals surface area contributed by atoms with E-state index in [1.807, 2.05) is 0 Å². The van der Waals surface area contributed by atoms with E-state index < -0.39 is 0 Å². The van der Waals surface area contributed by atoms with Gasteiger partial charge in [0.15, 0.2) is 11.5 Å². The van der Waals surface area contributed by atoms with Gasteiger partial charge in [0.05, 0.1) is 6.61 Å². The maximum atomic E-state index is 13.0. The molecule has 1 N–H and O–H groups in total. The largest absolute Gasteiger partial charge is 0.454 e. The zero-order valence-corrected chi connectivity index (χ0v) is 15.8. The molecule has 0 aromatic heterocycles. The average Bonchev–Trinajstić information content (AvgIpc) is 3.09. The molecular weight excluding hydrogens is 330 g/mol. The molecule has 2 aromatic carbocycles. The van der Waals surface area contributed by atoms with Crippen molar-refractivity contribution in [1.29, 1.82) is 0 Å². The van der Waals surface area contributed by atoms with Crippen LogP contribution in [0.5, 0.6) is 11.5 Å². The first-order valence-corrected chi connectivity index (χ1v) is 8.78. The number of aliphatic hydroxyl groups is 1. The van der Waals surface area contributed by atoms with Crippen molar-refractivity contribution >= 4 is 5.91 Å². The second kappa shape index (κ2) is 7.38. The molecule has 0 saturated carbocycles. The van der Waals surface area contributed by atoms with Gasteiger partial charge in [-0.1, -0.05) is 6.07 Å². The molecule has 0 atom stereocenters. The number of ether oxygens (including phenoxy) is 2. The summed E-state index contributed by atoms with van der Waals surface area (Å²) in [6, 6.07) is 7.36. The van der Waals surface area contributed by atoms with Gasteiger partial charge in [-0.25, -0.2) is 0 Å². The molecule has 1 heterocycles. The normalized spacial score (nSPS) is 12.3. The van der Waals surface area contributed by atoms with Crippen LogP contribution in [-0.2, 0) is 6.54 Å². The number of hydrogen-bond donors (Lipinski definition) is 1. The Hall–Kier alpha value is -2.53. The van der Waals surface area contributed by atoms with Gasteiger partial charge in [-0.05, 0) is 73.7 Å². The molecule has 5 heteroatoms. The molecule has 0 saturated heterocycles. The predicted molar refractivity (Wildman–Crippen MR) is 99.8 cm³/mol. The van der Waals surface area contributed by atoms with Crippen molar-refractivity contribution in [2.75, 3.05) is 19.9 Å². The molecule has 3 rings (SSSR count). The van der Waals surface area contributed by atoms with Gasteiger partial charge in [0, 0.05) is 18.7 Å². The van der Waals surface area contributed by atoms with Crippen molar-refractivity contribution in [2.24, 2.45) is 0 Å². The Kier molecular flexibility index (Phi) is 5.18. The highest BCUT2D eigenvalue weighted by Gasteiger charge is 2.22. The zero-order chi connectivity index (χ0) is 18.8. The van der Waals surface area contributed by atoms with Crippen molar-refractivity contribution in [2.45, 2.75) is 34.2 Å². The van der Waals surface area contributed by atoms with Gasteiger partial charge in [-0.15, -0.1) is 0 Å². The second-order valence-electron chi connectivity index (χ2n) is 6.76. The summed E-state index contributed by atoms with van der Waals surface area (Å²) in [5, 5.41) is 9.47. The molecule has 0 spiro atoms. The molecule has 0 bridgehead atoms. The Balaban J connectivity index is 1.92. The van der Waals surface area contributed by atoms with E-state index in [-0.39, 0.29) is 25.9 Å². The number of aliphatic hydroxyl groups excluding tert-OH is 1. The summed E-state index contributed by atoms with van der Waals surface area (Å²) in [5.41, 5.74) is 6.47. The average molecular weight is 355 g/mol. The van der Waals surface area contributed by atoms with E-state index >= 15 is 0 Å². The Morgan fingerprint density at radius 2 is 1.69 bits per heavy atom. The summed E-state index contributed by atoms with van der Waals surface area (Å²) in [6.45, 7) is 9.17. The number of rotatable bonds is 5. The summed E-state index contributed by atoms with van der Waals surface area (Å²) >= 11 is 0. The fourth-order valence-electron chi connectivity index (χ4n) is 3.31. The number of nitrogens with zero attached hydrogens (tertiary/aromatic N) is 1. The smallest absolute Gasteiger partial charge is 0.254 e. The van der Waals surface area contributed by atoms with Gasteiger partial charge in [0.2, 0.25) is 6.79 Å². The highest BCUT2D eigenvalue weighted by Crippen LogP contribution is 2.33. The number of carbonyl (C=O) groups is 1. The summed E-state index contributed by atoms with van der Waals surface area (Å²) in [5.74, 6) is 1.10. The van der Waals surface area contributed by atoms with Crippen LogP contribution in [0.3, 0.4) is 0 Å². The van der Waals surface area contributed by atoms with Crippen molar-refractivity contribution in [1.82, 2.24) is 4.90 Å². The molecule has 138 valence electrons. The van der Waals surface area contributed by atoms with Gasteiger partial charge in [0.25, 0.3) is 5.91 Å². The lowest BCUT2D eigenvalue weighted by Gasteiger charge is -2.25. The van der Waals surface area contributed by atoms with Gasteiger partial charge < -0.3 is 19.5 Å². The number of amides is 1. The van der Waals surface area contributed by atoms with Crippen LogP contribution in [0, 0.1) is 27.7 Å². The van der Waals surface area contributed by atoms with Gasteiger partial charge in [-0.3, -0.25) is 4.79 Å². The maximum Gasteiger partial charge on any atom is 0.254 e. The van der Waals surface area contributed by atoms with Crippen LogP contribution in [0.2, 0.25) is 0 Å². The Labute approximate surface area is 154 Å². The van der Waals surface area contributed by atoms with E-state index in [0.29, 0.717) is 23.6 Å². The Morgan fingerprint density at radius 1 is 1.04 bits per heavy atom. The summed E-state index contributed by atoms with van der Waals surface area (Å²) in [4.78, 5) is 14.7. The van der Waals surface area contributed by atoms with Crippen LogP contribution in [0.1, 0.15) is 38.2 Å². The van der Waals surface area contributed by atoms with Crippen molar-refractivity contribution in [3.63, 3.8) is 0 Å². The lowest BCUT2D eigenvalue weighted by atomic mass is 9.93. The minimum Gasteiger partial charge on any atom is -0.454 e. The number of aryl methyl sites for hydroxylation is 2. The van der Waals surface area contributed by atoms with Crippen LogP contribution in [-0.4, -0.2) is 35.9 Å². The van der Waals surface area contributed by atoms with Gasteiger partial charge in [-0.2, -0.15) is 0 Å². The van der Waals surface area contributed by atoms with E-state index in [1.54, 1.807) is 23.1 Å². The minimum atomic E-state index is -0.129. The predicted octanol–water partition coefficient (Wildman–Crippen LogP) is 3.28. The van der Waals surface area contributed by atoms with E-state index in [9.17, 15) is 9.90 Å². The van der Waals surface area contributed by atoms with Crippen molar-refractivity contribution in [3.05, 3.63) is 57.6 Å². The quantitative estimate of drug-likeness (QED) is 0.894. The fourth-order valence-corrected chi connectivity index (χ4v) is 3.31. The molecule has 1 amide bonds. The third kappa shape index (κ3) is 3.40. The highest BCUT2D eigenvalue weighted by molar-refractivity contribution is 5.95. The number of carbonyl (C=O) groups excluding carboxylic acids is 1. The van der Waals surface area contributed by atoms with Crippen LogP contribution in [0.25, 0.3) is 0 Å². The van der Waals surface area contributed by atoms with Crippen LogP contribution < -0.4 is 9.47 Å². The standard InChI is InChI=1S/C21H25NO4/c1-13-9-14(2)16(4)18(15(13)3)11-22(7-8-23)21(24)17-5-6-19-20(10-17)26-12-25-19/h5-6,9-10,23H,7-8,11-12H2,1-4H3. The SMILES string of the molecule is Cc1cc(C)c(C)c(CN(CCO)C(=O)c2ccc3c(c2)OCO3)c1C. The fraction of sp³-hybridized carbons (Fsp3) is 0.381. The van der Waals surface area contributed by atoms with Gasteiger partial charge >= 0.3 is 0 Å². The lowest BCUT2D eigenvalue weighted by Crippen LogP contribution is -2.33. The van der Waals surface area contributed by atoms with Gasteiger partial charge in [0.1, 0.15) is 0 Å². The molecule has 0 aliphatic carbocycles. The topological polar surface area (TPSA) is 59.0 Å². The third-order valence-electron chi connectivity index (χ3n) is 5.15. The van der Waals surface area contributed by atoms with Crippen LogP contribution in [0.4, 0.5) is 0 Å². The molecule has 0 unspecified atom stereocenters. The zero-order valence-electron chi connectivity index (χ0n) is 15.8. The summed E-state index contributed by atoms with van der Waals surface area (Å²) < 4.78 is 10.7. The first-order valence-electron chi connectivity index (χ1n) is 8.78. The lowest BCUT2D eigenvalue weighted by molar-refractivity contribution is 0.0707. The molecule has 1 aliphatic rings. The molecule has 5 nitrogen and oxygen atoms in total. The monoisotopic (exact) mass is 355 g/mol. The Morgan fingerprint density at radius 3 is 2.35 bits per heavy atom. The molecule has 26 heavy (non-hydrogen) atoms. The second-order valence-corrected chi connectivity index (χ2v) is 6.76. The van der Waals surface area contributed by atoms with E-state index in [4.69, 9.17) is 9.47 Å².